The number of rotatable bonds is 2. The van der Waals surface area contributed by atoms with Gasteiger partial charge in [0.2, 0.25) is 5.91 Å². The first-order valence-electron chi connectivity index (χ1n) is 5.76. The maximum atomic E-state index is 12.0. The Bertz CT molecular complexity index is 340. The number of likely N-dealkylation sites (tertiary alicyclic amines) is 1. The molecular formula is C11H17NO3S2. The third-order valence-corrected chi connectivity index (χ3v) is 6.59. The van der Waals surface area contributed by atoms with Crippen molar-refractivity contribution in [1.29, 1.82) is 0 Å². The van der Waals surface area contributed by atoms with Gasteiger partial charge in [0, 0.05) is 30.4 Å². The van der Waals surface area contributed by atoms with Gasteiger partial charge in [-0.1, -0.05) is 13.8 Å². The van der Waals surface area contributed by atoms with Crippen LogP contribution in [0.1, 0.15) is 20.3 Å². The second-order valence-corrected chi connectivity index (χ2v) is 8.00. The van der Waals surface area contributed by atoms with E-state index in [-0.39, 0.29) is 15.9 Å². The van der Waals surface area contributed by atoms with E-state index in [9.17, 15) is 14.7 Å². The molecule has 96 valence electrons. The molecule has 6 heteroatoms. The Balaban J connectivity index is 2.18. The monoisotopic (exact) mass is 275 g/mol. The van der Waals surface area contributed by atoms with Crippen LogP contribution in [0.4, 0.5) is 0 Å². The number of hydrogen-bond acceptors (Lipinski definition) is 4. The summed E-state index contributed by atoms with van der Waals surface area (Å²) in [6, 6.07) is -0.636. The molecule has 2 aliphatic rings. The minimum Gasteiger partial charge on any atom is -0.480 e. The quantitative estimate of drug-likeness (QED) is 0.827. The standard InChI is InChI=1S/C11H17NO3S2/c1-7(2)9(13)12-6-11(16-3-4-17-11)5-8(12)10(14)15/h7-8H,3-6H2,1-2H3,(H,14,15). The van der Waals surface area contributed by atoms with Gasteiger partial charge in [0.25, 0.3) is 0 Å². The van der Waals surface area contributed by atoms with Crippen LogP contribution in [-0.4, -0.2) is 50.1 Å². The Morgan fingerprint density at radius 1 is 1.35 bits per heavy atom. The van der Waals surface area contributed by atoms with Gasteiger partial charge in [0.05, 0.1) is 4.08 Å². The molecule has 1 spiro atoms. The molecule has 0 radical (unpaired) electrons. The van der Waals surface area contributed by atoms with Crippen LogP contribution in [0.25, 0.3) is 0 Å². The molecule has 0 saturated carbocycles. The Kier molecular flexibility index (Phi) is 3.63. The van der Waals surface area contributed by atoms with E-state index < -0.39 is 12.0 Å². The van der Waals surface area contributed by atoms with Crippen molar-refractivity contribution in [1.82, 2.24) is 4.90 Å². The van der Waals surface area contributed by atoms with Gasteiger partial charge in [0.15, 0.2) is 0 Å². The minimum absolute atomic E-state index is 0.0395. The molecule has 2 rings (SSSR count). The van der Waals surface area contributed by atoms with Crippen LogP contribution in [0.3, 0.4) is 0 Å². The minimum atomic E-state index is -0.871. The second-order valence-electron chi connectivity index (χ2n) is 4.79. The molecule has 0 aromatic heterocycles. The molecule has 0 aromatic rings. The molecule has 2 saturated heterocycles. The predicted molar refractivity (Wildman–Crippen MR) is 70.2 cm³/mol. The lowest BCUT2D eigenvalue weighted by atomic mass is 10.1. The Hall–Kier alpha value is -0.360. The third kappa shape index (κ3) is 2.42. The second kappa shape index (κ2) is 4.72. The smallest absolute Gasteiger partial charge is 0.326 e. The van der Waals surface area contributed by atoms with Gasteiger partial charge >= 0.3 is 5.97 Å². The first-order valence-corrected chi connectivity index (χ1v) is 7.73. The lowest BCUT2D eigenvalue weighted by Gasteiger charge is -2.24. The van der Waals surface area contributed by atoms with E-state index in [4.69, 9.17) is 0 Å². The molecule has 2 aliphatic heterocycles. The van der Waals surface area contributed by atoms with Gasteiger partial charge in [-0.2, -0.15) is 0 Å². The number of nitrogens with zero attached hydrogens (tertiary/aromatic N) is 1. The topological polar surface area (TPSA) is 57.6 Å². The zero-order chi connectivity index (χ0) is 12.6. The lowest BCUT2D eigenvalue weighted by Crippen LogP contribution is -2.42. The van der Waals surface area contributed by atoms with Crippen molar-refractivity contribution < 1.29 is 14.7 Å². The van der Waals surface area contributed by atoms with Crippen molar-refractivity contribution in [3.63, 3.8) is 0 Å². The zero-order valence-corrected chi connectivity index (χ0v) is 11.6. The SMILES string of the molecule is CC(C)C(=O)N1CC2(CC1C(=O)O)SCCS2. The van der Waals surface area contributed by atoms with E-state index >= 15 is 0 Å². The molecule has 0 aliphatic carbocycles. The number of carbonyl (C=O) groups is 2. The number of aliphatic carboxylic acids is 1. The summed E-state index contributed by atoms with van der Waals surface area (Å²) >= 11 is 3.62. The predicted octanol–water partition coefficient (Wildman–Crippen LogP) is 1.50. The number of hydrogen-bond donors (Lipinski definition) is 1. The number of amides is 1. The Morgan fingerprint density at radius 2 is 1.94 bits per heavy atom. The fraction of sp³-hybridized carbons (Fsp3) is 0.818. The van der Waals surface area contributed by atoms with E-state index in [1.807, 2.05) is 37.4 Å². The van der Waals surface area contributed by atoms with E-state index in [0.717, 1.165) is 11.5 Å². The van der Waals surface area contributed by atoms with E-state index in [2.05, 4.69) is 0 Å². The van der Waals surface area contributed by atoms with Crippen molar-refractivity contribution in [3.8, 4) is 0 Å². The zero-order valence-electron chi connectivity index (χ0n) is 10.0. The first kappa shape index (κ1) is 13.1. The summed E-state index contributed by atoms with van der Waals surface area (Å²) in [7, 11) is 0. The Morgan fingerprint density at radius 3 is 2.41 bits per heavy atom. The Labute approximate surface area is 110 Å². The highest BCUT2D eigenvalue weighted by atomic mass is 32.2. The van der Waals surface area contributed by atoms with Gasteiger partial charge in [0.1, 0.15) is 6.04 Å². The van der Waals surface area contributed by atoms with Crippen LogP contribution < -0.4 is 0 Å². The van der Waals surface area contributed by atoms with Crippen molar-refractivity contribution in [2.45, 2.75) is 30.4 Å². The van der Waals surface area contributed by atoms with Crippen molar-refractivity contribution in [2.24, 2.45) is 5.92 Å². The van der Waals surface area contributed by atoms with Gasteiger partial charge in [-0.25, -0.2) is 4.79 Å². The molecule has 1 unspecified atom stereocenters. The van der Waals surface area contributed by atoms with Crippen LogP contribution in [0.15, 0.2) is 0 Å². The van der Waals surface area contributed by atoms with Crippen molar-refractivity contribution in [3.05, 3.63) is 0 Å². The average molecular weight is 275 g/mol. The number of carboxylic acid groups (broad SMARTS) is 1. The highest BCUT2D eigenvalue weighted by Gasteiger charge is 2.51. The van der Waals surface area contributed by atoms with Crippen LogP contribution in [-0.2, 0) is 9.59 Å². The van der Waals surface area contributed by atoms with Crippen molar-refractivity contribution >= 4 is 35.4 Å². The van der Waals surface area contributed by atoms with Crippen LogP contribution >= 0.6 is 23.5 Å². The molecule has 1 atom stereocenters. The summed E-state index contributed by atoms with van der Waals surface area (Å²) in [5.41, 5.74) is 0. The highest BCUT2D eigenvalue weighted by Crippen LogP contribution is 2.51. The normalized spacial score (nSPS) is 27.0. The maximum absolute atomic E-state index is 12.0. The molecule has 1 amide bonds. The fourth-order valence-electron chi connectivity index (χ4n) is 2.33. The van der Waals surface area contributed by atoms with Crippen LogP contribution in [0, 0.1) is 5.92 Å². The summed E-state index contributed by atoms with van der Waals surface area (Å²) in [6.07, 6.45) is 0.579. The summed E-state index contributed by atoms with van der Waals surface area (Å²) in [5, 5.41) is 9.25. The summed E-state index contributed by atoms with van der Waals surface area (Å²) in [6.45, 7) is 4.22. The number of thioether (sulfide) groups is 2. The summed E-state index contributed by atoms with van der Waals surface area (Å²) in [5.74, 6) is 1.07. The number of carbonyl (C=O) groups excluding carboxylic acids is 1. The van der Waals surface area contributed by atoms with Gasteiger partial charge in [-0.05, 0) is 0 Å². The highest BCUT2D eigenvalue weighted by molar-refractivity contribution is 8.21. The molecule has 1 N–H and O–H groups in total. The fourth-order valence-corrected chi connectivity index (χ4v) is 5.59. The summed E-state index contributed by atoms with van der Waals surface area (Å²) < 4.78 is -0.0619. The van der Waals surface area contributed by atoms with E-state index in [0.29, 0.717) is 13.0 Å². The largest absolute Gasteiger partial charge is 0.480 e. The molecule has 4 nitrogen and oxygen atoms in total. The summed E-state index contributed by atoms with van der Waals surface area (Å²) in [4.78, 5) is 24.9. The van der Waals surface area contributed by atoms with Gasteiger partial charge < -0.3 is 10.0 Å². The average Bonchev–Trinajstić information content (AvgIpc) is 2.86. The van der Waals surface area contributed by atoms with Crippen LogP contribution in [0.5, 0.6) is 0 Å². The molecular weight excluding hydrogens is 258 g/mol. The maximum Gasteiger partial charge on any atom is 0.326 e. The van der Waals surface area contributed by atoms with Crippen LogP contribution in [0.2, 0.25) is 0 Å². The van der Waals surface area contributed by atoms with E-state index in [1.54, 1.807) is 4.90 Å². The van der Waals surface area contributed by atoms with Gasteiger partial charge in [-0.15, -0.1) is 23.5 Å². The molecule has 17 heavy (non-hydrogen) atoms. The lowest BCUT2D eigenvalue weighted by molar-refractivity contribution is -0.149. The molecule has 2 fully saturated rings. The van der Waals surface area contributed by atoms with Gasteiger partial charge in [-0.3, -0.25) is 4.79 Å². The van der Waals surface area contributed by atoms with Crippen molar-refractivity contribution in [2.75, 3.05) is 18.1 Å². The third-order valence-electron chi connectivity index (χ3n) is 3.17. The molecule has 0 aromatic carbocycles. The first-order chi connectivity index (χ1) is 7.95. The molecule has 0 bridgehead atoms. The van der Waals surface area contributed by atoms with E-state index in [1.165, 1.54) is 0 Å². The molecule has 2 heterocycles. The number of carboxylic acids is 1.